The standard InChI is InChI=1S/C19H25N3O3/c1-19(24,15-6-8-16(25-3)9-7-15)17-5-4-10-22(17)18(23)11-14-12-20-21(2)13-14/h6-9,12-13,17,24H,4-5,10-11H2,1-3H3. The summed E-state index contributed by atoms with van der Waals surface area (Å²) in [5.74, 6) is 0.778. The van der Waals surface area contributed by atoms with Gasteiger partial charge in [0.1, 0.15) is 11.4 Å². The van der Waals surface area contributed by atoms with Crippen LogP contribution in [-0.4, -0.2) is 45.4 Å². The molecule has 0 bridgehead atoms. The normalized spacial score (nSPS) is 19.7. The number of methoxy groups -OCH3 is 1. The minimum atomic E-state index is -1.10. The SMILES string of the molecule is COc1ccc(C(C)(O)C2CCCN2C(=O)Cc2cnn(C)c2)cc1. The zero-order chi connectivity index (χ0) is 18.0. The van der Waals surface area contributed by atoms with Crippen molar-refractivity contribution in [2.75, 3.05) is 13.7 Å². The van der Waals surface area contributed by atoms with E-state index in [1.54, 1.807) is 24.9 Å². The first-order valence-electron chi connectivity index (χ1n) is 8.55. The number of carbonyl (C=O) groups excluding carboxylic acids is 1. The number of benzene rings is 1. The second-order valence-corrected chi connectivity index (χ2v) is 6.82. The Morgan fingerprint density at radius 2 is 2.12 bits per heavy atom. The lowest BCUT2D eigenvalue weighted by atomic mass is 9.86. The summed E-state index contributed by atoms with van der Waals surface area (Å²) in [6.45, 7) is 2.46. The van der Waals surface area contributed by atoms with E-state index in [2.05, 4.69) is 5.10 Å². The average Bonchev–Trinajstić information content (AvgIpc) is 3.24. The lowest BCUT2D eigenvalue weighted by molar-refractivity contribution is -0.137. The molecule has 2 heterocycles. The van der Waals surface area contributed by atoms with Gasteiger partial charge in [-0.1, -0.05) is 12.1 Å². The van der Waals surface area contributed by atoms with Crippen LogP contribution >= 0.6 is 0 Å². The van der Waals surface area contributed by atoms with Crippen LogP contribution in [0.3, 0.4) is 0 Å². The molecular weight excluding hydrogens is 318 g/mol. The largest absolute Gasteiger partial charge is 0.497 e. The van der Waals surface area contributed by atoms with E-state index in [-0.39, 0.29) is 11.9 Å². The van der Waals surface area contributed by atoms with Crippen LogP contribution in [0, 0.1) is 0 Å². The zero-order valence-electron chi connectivity index (χ0n) is 15.0. The molecule has 1 aliphatic heterocycles. The number of carbonyl (C=O) groups is 1. The van der Waals surface area contributed by atoms with Crippen LogP contribution in [0.2, 0.25) is 0 Å². The molecule has 2 aromatic rings. The molecule has 1 amide bonds. The number of amides is 1. The van der Waals surface area contributed by atoms with Gasteiger partial charge in [0.15, 0.2) is 0 Å². The predicted octanol–water partition coefficient (Wildman–Crippen LogP) is 1.87. The minimum Gasteiger partial charge on any atom is -0.497 e. The molecule has 134 valence electrons. The maximum absolute atomic E-state index is 12.8. The Labute approximate surface area is 148 Å². The van der Waals surface area contributed by atoms with Crippen LogP contribution in [0.1, 0.15) is 30.9 Å². The van der Waals surface area contributed by atoms with Crippen molar-refractivity contribution in [2.24, 2.45) is 7.05 Å². The molecule has 6 nitrogen and oxygen atoms in total. The van der Waals surface area contributed by atoms with Crippen LogP contribution in [0.15, 0.2) is 36.7 Å². The molecule has 6 heteroatoms. The number of hydrogen-bond donors (Lipinski definition) is 1. The van der Waals surface area contributed by atoms with Gasteiger partial charge in [0.25, 0.3) is 0 Å². The third-order valence-corrected chi connectivity index (χ3v) is 5.01. The van der Waals surface area contributed by atoms with E-state index in [4.69, 9.17) is 4.74 Å². The molecule has 0 radical (unpaired) electrons. The molecule has 1 N–H and O–H groups in total. The molecule has 0 saturated carbocycles. The first-order valence-corrected chi connectivity index (χ1v) is 8.55. The number of aryl methyl sites for hydroxylation is 1. The summed E-state index contributed by atoms with van der Waals surface area (Å²) < 4.78 is 6.87. The molecule has 3 rings (SSSR count). The van der Waals surface area contributed by atoms with Gasteiger partial charge in [-0.25, -0.2) is 0 Å². The topological polar surface area (TPSA) is 67.6 Å². The van der Waals surface area contributed by atoms with Crippen molar-refractivity contribution in [1.82, 2.24) is 14.7 Å². The Bertz CT molecular complexity index is 737. The highest BCUT2D eigenvalue weighted by Crippen LogP contribution is 2.35. The predicted molar refractivity (Wildman–Crippen MR) is 94.2 cm³/mol. The van der Waals surface area contributed by atoms with Gasteiger partial charge in [-0.3, -0.25) is 9.48 Å². The van der Waals surface area contributed by atoms with Crippen molar-refractivity contribution in [3.05, 3.63) is 47.8 Å². The minimum absolute atomic E-state index is 0.0317. The number of nitrogens with zero attached hydrogens (tertiary/aromatic N) is 3. The average molecular weight is 343 g/mol. The molecule has 1 aromatic heterocycles. The van der Waals surface area contributed by atoms with E-state index < -0.39 is 5.60 Å². The van der Waals surface area contributed by atoms with E-state index >= 15 is 0 Å². The van der Waals surface area contributed by atoms with E-state index in [0.717, 1.165) is 29.7 Å². The fourth-order valence-corrected chi connectivity index (χ4v) is 3.61. The molecular formula is C19H25N3O3. The van der Waals surface area contributed by atoms with Crippen molar-refractivity contribution in [1.29, 1.82) is 0 Å². The van der Waals surface area contributed by atoms with Crippen molar-refractivity contribution in [2.45, 2.75) is 37.8 Å². The maximum Gasteiger partial charge on any atom is 0.227 e. The van der Waals surface area contributed by atoms with E-state index in [9.17, 15) is 9.90 Å². The van der Waals surface area contributed by atoms with Gasteiger partial charge in [-0.2, -0.15) is 5.10 Å². The summed E-state index contributed by atoms with van der Waals surface area (Å²) in [6.07, 6.45) is 5.56. The Morgan fingerprint density at radius 3 is 2.72 bits per heavy atom. The molecule has 1 aromatic carbocycles. The van der Waals surface area contributed by atoms with Crippen LogP contribution < -0.4 is 4.74 Å². The van der Waals surface area contributed by atoms with Crippen molar-refractivity contribution in [3.8, 4) is 5.75 Å². The molecule has 0 aliphatic carbocycles. The lowest BCUT2D eigenvalue weighted by Gasteiger charge is -2.37. The van der Waals surface area contributed by atoms with Gasteiger partial charge >= 0.3 is 0 Å². The van der Waals surface area contributed by atoms with Crippen molar-refractivity contribution in [3.63, 3.8) is 0 Å². The Morgan fingerprint density at radius 1 is 1.40 bits per heavy atom. The number of aromatic nitrogens is 2. The molecule has 1 fully saturated rings. The molecule has 25 heavy (non-hydrogen) atoms. The number of likely N-dealkylation sites (tertiary alicyclic amines) is 1. The Hall–Kier alpha value is -2.34. The maximum atomic E-state index is 12.8. The monoisotopic (exact) mass is 343 g/mol. The number of aliphatic hydroxyl groups is 1. The van der Waals surface area contributed by atoms with Crippen molar-refractivity contribution < 1.29 is 14.6 Å². The highest BCUT2D eigenvalue weighted by molar-refractivity contribution is 5.79. The van der Waals surface area contributed by atoms with Gasteiger partial charge < -0.3 is 14.7 Å². The highest BCUT2D eigenvalue weighted by atomic mass is 16.5. The fourth-order valence-electron chi connectivity index (χ4n) is 3.61. The first-order chi connectivity index (χ1) is 11.9. The number of rotatable bonds is 5. The molecule has 1 saturated heterocycles. The van der Waals surface area contributed by atoms with E-state index in [1.807, 2.05) is 42.4 Å². The second kappa shape index (κ2) is 6.88. The lowest BCUT2D eigenvalue weighted by Crippen LogP contribution is -2.48. The van der Waals surface area contributed by atoms with Gasteiger partial charge in [0, 0.05) is 19.8 Å². The first kappa shape index (κ1) is 17.5. The van der Waals surface area contributed by atoms with Crippen LogP contribution in [0.25, 0.3) is 0 Å². The van der Waals surface area contributed by atoms with Gasteiger partial charge in [-0.05, 0) is 43.0 Å². The number of ether oxygens (including phenoxy) is 1. The number of hydrogen-bond acceptors (Lipinski definition) is 4. The summed E-state index contributed by atoms with van der Waals surface area (Å²) in [5, 5.41) is 15.3. The summed E-state index contributed by atoms with van der Waals surface area (Å²) in [5.41, 5.74) is 0.578. The van der Waals surface area contributed by atoms with Crippen LogP contribution in [0.4, 0.5) is 0 Å². The van der Waals surface area contributed by atoms with E-state index in [1.165, 1.54) is 0 Å². The van der Waals surface area contributed by atoms with Gasteiger partial charge in [0.2, 0.25) is 5.91 Å². The highest BCUT2D eigenvalue weighted by Gasteiger charge is 2.42. The van der Waals surface area contributed by atoms with Crippen LogP contribution in [0.5, 0.6) is 5.75 Å². The fraction of sp³-hybridized carbons (Fsp3) is 0.474. The zero-order valence-corrected chi connectivity index (χ0v) is 15.0. The summed E-state index contributed by atoms with van der Waals surface area (Å²) in [7, 11) is 3.45. The quantitative estimate of drug-likeness (QED) is 0.900. The summed E-state index contributed by atoms with van der Waals surface area (Å²) in [4.78, 5) is 14.6. The third kappa shape index (κ3) is 3.54. The molecule has 2 atom stereocenters. The summed E-state index contributed by atoms with van der Waals surface area (Å²) in [6, 6.07) is 7.16. The molecule has 1 aliphatic rings. The van der Waals surface area contributed by atoms with Gasteiger partial charge in [0.05, 0.1) is 25.8 Å². The Balaban J connectivity index is 1.77. The third-order valence-electron chi connectivity index (χ3n) is 5.01. The molecule has 0 spiro atoms. The van der Waals surface area contributed by atoms with E-state index in [0.29, 0.717) is 13.0 Å². The van der Waals surface area contributed by atoms with Gasteiger partial charge in [-0.15, -0.1) is 0 Å². The Kier molecular flexibility index (Phi) is 4.81. The smallest absolute Gasteiger partial charge is 0.227 e. The second-order valence-electron chi connectivity index (χ2n) is 6.82. The molecule has 2 unspecified atom stereocenters. The van der Waals surface area contributed by atoms with Crippen LogP contribution in [-0.2, 0) is 23.9 Å². The summed E-state index contributed by atoms with van der Waals surface area (Å²) >= 11 is 0. The van der Waals surface area contributed by atoms with Crippen molar-refractivity contribution >= 4 is 5.91 Å².